The van der Waals surface area contributed by atoms with Crippen LogP contribution < -0.4 is 5.56 Å². The standard InChI is InChI=1S/C10H10N2OS2/c1-7(5-14)4-12-6-11-8-2-3-15-9(8)10(12)13/h2-3,6,14H,1,4-5H2. The lowest BCUT2D eigenvalue weighted by Crippen LogP contribution is -2.20. The van der Waals surface area contributed by atoms with Crippen LogP contribution in [0.25, 0.3) is 10.2 Å². The van der Waals surface area contributed by atoms with Gasteiger partial charge in [-0.3, -0.25) is 9.36 Å². The van der Waals surface area contributed by atoms with Crippen molar-refractivity contribution in [2.75, 3.05) is 5.75 Å². The van der Waals surface area contributed by atoms with E-state index < -0.39 is 0 Å². The highest BCUT2D eigenvalue weighted by Crippen LogP contribution is 2.13. The van der Waals surface area contributed by atoms with Crippen molar-refractivity contribution in [3.05, 3.63) is 40.3 Å². The van der Waals surface area contributed by atoms with Gasteiger partial charge in [0, 0.05) is 12.3 Å². The minimum absolute atomic E-state index is 0.00191. The van der Waals surface area contributed by atoms with Crippen molar-refractivity contribution in [1.29, 1.82) is 0 Å². The summed E-state index contributed by atoms with van der Waals surface area (Å²) in [4.78, 5) is 16.1. The molecule has 0 atom stereocenters. The summed E-state index contributed by atoms with van der Waals surface area (Å²) >= 11 is 5.53. The SMILES string of the molecule is C=C(CS)Cn1cnc2ccsc2c1=O. The number of aromatic nitrogens is 2. The number of rotatable bonds is 3. The van der Waals surface area contributed by atoms with Crippen LogP contribution in [0, 0.1) is 0 Å². The van der Waals surface area contributed by atoms with Gasteiger partial charge >= 0.3 is 0 Å². The summed E-state index contributed by atoms with van der Waals surface area (Å²) in [5.74, 6) is 0.578. The predicted molar refractivity (Wildman–Crippen MR) is 66.9 cm³/mol. The molecule has 0 fully saturated rings. The third-order valence-corrected chi connectivity index (χ3v) is 3.39. The molecule has 0 aromatic carbocycles. The molecule has 3 nitrogen and oxygen atoms in total. The first kappa shape index (κ1) is 10.4. The molecule has 0 amide bonds. The number of fused-ring (bicyclic) bond motifs is 1. The van der Waals surface area contributed by atoms with Crippen LogP contribution in [0.15, 0.2) is 34.7 Å². The monoisotopic (exact) mass is 238 g/mol. The molecule has 5 heteroatoms. The normalized spacial score (nSPS) is 10.7. The quantitative estimate of drug-likeness (QED) is 0.655. The van der Waals surface area contributed by atoms with Gasteiger partial charge in [-0.2, -0.15) is 12.6 Å². The second-order valence-electron chi connectivity index (χ2n) is 3.22. The van der Waals surface area contributed by atoms with Gasteiger partial charge in [0.1, 0.15) is 4.70 Å². The van der Waals surface area contributed by atoms with Crippen LogP contribution in [0.3, 0.4) is 0 Å². The Balaban J connectivity index is 2.48. The Morgan fingerprint density at radius 1 is 1.67 bits per heavy atom. The molecule has 15 heavy (non-hydrogen) atoms. The lowest BCUT2D eigenvalue weighted by Gasteiger charge is -2.05. The van der Waals surface area contributed by atoms with E-state index in [-0.39, 0.29) is 5.56 Å². The number of thiophene rings is 1. The molecule has 0 saturated carbocycles. The van der Waals surface area contributed by atoms with Gasteiger partial charge < -0.3 is 0 Å². The van der Waals surface area contributed by atoms with Gasteiger partial charge in [-0.25, -0.2) is 4.98 Å². The number of hydrogen-bond donors (Lipinski definition) is 1. The van der Waals surface area contributed by atoms with Crippen molar-refractivity contribution in [2.45, 2.75) is 6.54 Å². The number of hydrogen-bond acceptors (Lipinski definition) is 4. The molecule has 0 radical (unpaired) electrons. The maximum atomic E-state index is 11.9. The molecule has 0 saturated heterocycles. The van der Waals surface area contributed by atoms with Crippen molar-refractivity contribution >= 4 is 34.2 Å². The van der Waals surface area contributed by atoms with E-state index in [1.165, 1.54) is 11.3 Å². The van der Waals surface area contributed by atoms with Gasteiger partial charge in [0.2, 0.25) is 0 Å². The number of thiol groups is 1. The second-order valence-corrected chi connectivity index (χ2v) is 4.45. The zero-order valence-corrected chi connectivity index (χ0v) is 9.72. The third kappa shape index (κ3) is 1.98. The fourth-order valence-electron chi connectivity index (χ4n) is 1.28. The summed E-state index contributed by atoms with van der Waals surface area (Å²) in [6, 6.07) is 1.85. The zero-order chi connectivity index (χ0) is 10.8. The Morgan fingerprint density at radius 2 is 2.47 bits per heavy atom. The fraction of sp³-hybridized carbons (Fsp3) is 0.200. The van der Waals surface area contributed by atoms with Gasteiger partial charge in [-0.05, 0) is 17.0 Å². The zero-order valence-electron chi connectivity index (χ0n) is 8.01. The van der Waals surface area contributed by atoms with Crippen molar-refractivity contribution < 1.29 is 0 Å². The minimum Gasteiger partial charge on any atom is -0.294 e. The predicted octanol–water partition coefficient (Wildman–Crippen LogP) is 1.94. The minimum atomic E-state index is -0.00191. The van der Waals surface area contributed by atoms with Crippen molar-refractivity contribution in [1.82, 2.24) is 9.55 Å². The van der Waals surface area contributed by atoms with Gasteiger partial charge in [0.05, 0.1) is 11.8 Å². The summed E-state index contributed by atoms with van der Waals surface area (Å²) in [5, 5.41) is 1.87. The van der Waals surface area contributed by atoms with Crippen LogP contribution in [-0.4, -0.2) is 15.3 Å². The van der Waals surface area contributed by atoms with Gasteiger partial charge in [-0.1, -0.05) is 6.58 Å². The molecule has 2 rings (SSSR count). The molecule has 2 heterocycles. The van der Waals surface area contributed by atoms with E-state index in [0.29, 0.717) is 17.0 Å². The Hall–Kier alpha value is -1.07. The van der Waals surface area contributed by atoms with E-state index in [4.69, 9.17) is 0 Å². The molecule has 0 aliphatic heterocycles. The average Bonchev–Trinajstić information content (AvgIpc) is 2.70. The highest BCUT2D eigenvalue weighted by atomic mass is 32.1. The highest BCUT2D eigenvalue weighted by Gasteiger charge is 2.05. The van der Waals surface area contributed by atoms with Gasteiger partial charge in [0.25, 0.3) is 5.56 Å². The van der Waals surface area contributed by atoms with E-state index in [2.05, 4.69) is 24.2 Å². The van der Waals surface area contributed by atoms with Crippen molar-refractivity contribution in [2.24, 2.45) is 0 Å². The van der Waals surface area contributed by atoms with Gasteiger partial charge in [0.15, 0.2) is 0 Å². The fourth-order valence-corrected chi connectivity index (χ4v) is 2.18. The molecule has 2 aromatic rings. The maximum Gasteiger partial charge on any atom is 0.271 e. The van der Waals surface area contributed by atoms with E-state index in [1.807, 2.05) is 11.4 Å². The smallest absolute Gasteiger partial charge is 0.271 e. The topological polar surface area (TPSA) is 34.9 Å². The van der Waals surface area contributed by atoms with E-state index in [9.17, 15) is 4.79 Å². The molecule has 0 unspecified atom stereocenters. The molecule has 78 valence electrons. The van der Waals surface area contributed by atoms with Crippen LogP contribution in [0.2, 0.25) is 0 Å². The lowest BCUT2D eigenvalue weighted by atomic mass is 10.3. The Bertz CT molecular complexity index is 556. The number of nitrogens with zero attached hydrogens (tertiary/aromatic N) is 2. The molecule has 0 spiro atoms. The molecule has 2 aromatic heterocycles. The maximum absolute atomic E-state index is 11.9. The van der Waals surface area contributed by atoms with Crippen LogP contribution in [0.4, 0.5) is 0 Å². The summed E-state index contributed by atoms with van der Waals surface area (Å²) in [6.07, 6.45) is 1.56. The van der Waals surface area contributed by atoms with Gasteiger partial charge in [-0.15, -0.1) is 11.3 Å². The molecular weight excluding hydrogens is 228 g/mol. The van der Waals surface area contributed by atoms with E-state index in [0.717, 1.165) is 11.1 Å². The molecular formula is C10H10N2OS2. The molecule has 0 aliphatic rings. The largest absolute Gasteiger partial charge is 0.294 e. The third-order valence-electron chi connectivity index (χ3n) is 2.05. The van der Waals surface area contributed by atoms with Crippen molar-refractivity contribution in [3.63, 3.8) is 0 Å². The second kappa shape index (κ2) is 4.20. The first-order valence-electron chi connectivity index (χ1n) is 4.42. The van der Waals surface area contributed by atoms with Crippen molar-refractivity contribution in [3.8, 4) is 0 Å². The first-order chi connectivity index (χ1) is 7.22. The Kier molecular flexibility index (Phi) is 2.93. The summed E-state index contributed by atoms with van der Waals surface area (Å²) in [5.41, 5.74) is 1.66. The summed E-state index contributed by atoms with van der Waals surface area (Å²) in [6.45, 7) is 4.31. The van der Waals surface area contributed by atoms with Crippen LogP contribution in [0.5, 0.6) is 0 Å². The Morgan fingerprint density at radius 3 is 3.20 bits per heavy atom. The van der Waals surface area contributed by atoms with Crippen LogP contribution in [0.1, 0.15) is 0 Å². The van der Waals surface area contributed by atoms with Crippen LogP contribution in [-0.2, 0) is 6.54 Å². The molecule has 0 N–H and O–H groups in total. The van der Waals surface area contributed by atoms with E-state index >= 15 is 0 Å². The van der Waals surface area contributed by atoms with E-state index in [1.54, 1.807) is 10.9 Å². The average molecular weight is 238 g/mol. The summed E-state index contributed by atoms with van der Waals surface area (Å²) < 4.78 is 2.27. The Labute approximate surface area is 96.5 Å². The lowest BCUT2D eigenvalue weighted by molar-refractivity contribution is 0.742. The molecule has 0 aliphatic carbocycles. The summed E-state index contributed by atoms with van der Waals surface area (Å²) in [7, 11) is 0. The highest BCUT2D eigenvalue weighted by molar-refractivity contribution is 7.80. The van der Waals surface area contributed by atoms with Crippen LogP contribution >= 0.6 is 24.0 Å². The first-order valence-corrected chi connectivity index (χ1v) is 5.93. The molecule has 0 bridgehead atoms.